The average molecular weight is 281 g/mol. The maximum atomic E-state index is 4.69. The van der Waals surface area contributed by atoms with E-state index in [1.54, 1.807) is 0 Å². The quantitative estimate of drug-likeness (QED) is 0.803. The van der Waals surface area contributed by atoms with E-state index in [9.17, 15) is 0 Å². The van der Waals surface area contributed by atoms with Crippen LogP contribution in [0.4, 0.5) is 5.95 Å². The van der Waals surface area contributed by atoms with E-state index >= 15 is 0 Å². The second-order valence-corrected chi connectivity index (χ2v) is 5.74. The van der Waals surface area contributed by atoms with Gasteiger partial charge in [-0.3, -0.25) is 4.68 Å². The van der Waals surface area contributed by atoms with Crippen LogP contribution in [0.3, 0.4) is 0 Å². The number of aromatic nitrogens is 4. The molecule has 0 saturated carbocycles. The Morgan fingerprint density at radius 1 is 1.14 bits per heavy atom. The third-order valence-electron chi connectivity index (χ3n) is 4.30. The summed E-state index contributed by atoms with van der Waals surface area (Å²) >= 11 is 0. The van der Waals surface area contributed by atoms with Crippen molar-refractivity contribution in [2.75, 3.05) is 18.0 Å². The van der Waals surface area contributed by atoms with E-state index < -0.39 is 0 Å². The first-order chi connectivity index (χ1) is 10.4. The summed E-state index contributed by atoms with van der Waals surface area (Å²) in [7, 11) is 0. The molecule has 21 heavy (non-hydrogen) atoms. The summed E-state index contributed by atoms with van der Waals surface area (Å²) in [6, 6.07) is 10.2. The number of benzene rings is 1. The van der Waals surface area contributed by atoms with Gasteiger partial charge in [-0.1, -0.05) is 12.1 Å². The zero-order chi connectivity index (χ0) is 14.1. The molecule has 3 aromatic rings. The van der Waals surface area contributed by atoms with Gasteiger partial charge in [0.15, 0.2) is 0 Å². The Kier molecular flexibility index (Phi) is 3.10. The van der Waals surface area contributed by atoms with Crippen LogP contribution >= 0.6 is 0 Å². The lowest BCUT2D eigenvalue weighted by Crippen LogP contribution is -2.35. The number of rotatable bonds is 3. The van der Waals surface area contributed by atoms with Gasteiger partial charge < -0.3 is 9.88 Å². The lowest BCUT2D eigenvalue weighted by molar-refractivity contribution is 0.341. The zero-order valence-electron chi connectivity index (χ0n) is 11.9. The van der Waals surface area contributed by atoms with Gasteiger partial charge >= 0.3 is 0 Å². The Bertz CT molecular complexity index is 674. The van der Waals surface area contributed by atoms with Crippen LogP contribution in [0.15, 0.2) is 42.7 Å². The van der Waals surface area contributed by atoms with Crippen LogP contribution in [-0.2, 0) is 6.54 Å². The van der Waals surface area contributed by atoms with Crippen molar-refractivity contribution >= 4 is 17.0 Å². The third kappa shape index (κ3) is 2.51. The highest BCUT2D eigenvalue weighted by molar-refractivity contribution is 5.77. The number of imidazole rings is 1. The molecule has 0 radical (unpaired) electrons. The number of nitrogens with zero attached hydrogens (tertiary/aromatic N) is 4. The minimum absolute atomic E-state index is 0.713. The summed E-state index contributed by atoms with van der Waals surface area (Å²) in [6.07, 6.45) is 6.28. The SMILES string of the molecule is c1ccc2[nH]c(N3CCC(Cn4cccn4)CC3)nc2c1. The van der Waals surface area contributed by atoms with E-state index in [0.29, 0.717) is 5.92 Å². The first kappa shape index (κ1) is 12.4. The molecule has 1 aliphatic heterocycles. The summed E-state index contributed by atoms with van der Waals surface area (Å²) in [5, 5.41) is 4.30. The minimum Gasteiger partial charge on any atom is -0.342 e. The van der Waals surface area contributed by atoms with E-state index in [2.05, 4.69) is 32.1 Å². The molecule has 1 aromatic carbocycles. The normalized spacial score (nSPS) is 16.7. The van der Waals surface area contributed by atoms with Gasteiger partial charge in [0.25, 0.3) is 0 Å². The number of piperidine rings is 1. The highest BCUT2D eigenvalue weighted by atomic mass is 15.3. The average Bonchev–Trinajstić information content (AvgIpc) is 3.16. The van der Waals surface area contributed by atoms with Gasteiger partial charge in [0.2, 0.25) is 5.95 Å². The molecule has 0 unspecified atom stereocenters. The largest absolute Gasteiger partial charge is 0.342 e. The molecule has 1 saturated heterocycles. The van der Waals surface area contributed by atoms with Crippen molar-refractivity contribution in [3.8, 4) is 0 Å². The van der Waals surface area contributed by atoms with Crippen molar-refractivity contribution in [1.82, 2.24) is 19.7 Å². The predicted octanol–water partition coefficient (Wildman–Crippen LogP) is 2.68. The molecule has 5 heteroatoms. The van der Waals surface area contributed by atoms with Gasteiger partial charge in [0.1, 0.15) is 0 Å². The highest BCUT2D eigenvalue weighted by Crippen LogP contribution is 2.24. The van der Waals surface area contributed by atoms with Crippen LogP contribution in [0.5, 0.6) is 0 Å². The molecule has 1 N–H and O–H groups in total. The molecule has 1 aliphatic rings. The van der Waals surface area contributed by atoms with E-state index in [1.807, 2.05) is 35.3 Å². The van der Waals surface area contributed by atoms with Crippen molar-refractivity contribution < 1.29 is 0 Å². The van der Waals surface area contributed by atoms with Crippen LogP contribution in [0.25, 0.3) is 11.0 Å². The van der Waals surface area contributed by atoms with E-state index in [1.165, 1.54) is 12.8 Å². The van der Waals surface area contributed by atoms with Crippen molar-refractivity contribution in [2.24, 2.45) is 5.92 Å². The first-order valence-corrected chi connectivity index (χ1v) is 7.55. The highest BCUT2D eigenvalue weighted by Gasteiger charge is 2.21. The first-order valence-electron chi connectivity index (χ1n) is 7.55. The number of para-hydroxylation sites is 2. The van der Waals surface area contributed by atoms with E-state index in [-0.39, 0.29) is 0 Å². The summed E-state index contributed by atoms with van der Waals surface area (Å²) < 4.78 is 2.04. The van der Waals surface area contributed by atoms with E-state index in [0.717, 1.165) is 36.6 Å². The lowest BCUT2D eigenvalue weighted by Gasteiger charge is -2.31. The Morgan fingerprint density at radius 3 is 2.76 bits per heavy atom. The molecule has 1 fully saturated rings. The maximum absolute atomic E-state index is 4.69. The van der Waals surface area contributed by atoms with Crippen molar-refractivity contribution in [1.29, 1.82) is 0 Å². The Morgan fingerprint density at radius 2 is 2.00 bits per heavy atom. The molecule has 0 amide bonds. The van der Waals surface area contributed by atoms with Crippen molar-refractivity contribution in [3.63, 3.8) is 0 Å². The molecule has 5 nitrogen and oxygen atoms in total. The predicted molar refractivity (Wildman–Crippen MR) is 83.3 cm³/mol. The Hall–Kier alpha value is -2.30. The lowest BCUT2D eigenvalue weighted by atomic mass is 9.97. The van der Waals surface area contributed by atoms with Crippen LogP contribution in [0, 0.1) is 5.92 Å². The van der Waals surface area contributed by atoms with Gasteiger partial charge in [-0.25, -0.2) is 4.98 Å². The fourth-order valence-electron chi connectivity index (χ4n) is 3.09. The van der Waals surface area contributed by atoms with Gasteiger partial charge in [0.05, 0.1) is 11.0 Å². The summed E-state index contributed by atoms with van der Waals surface area (Å²) in [5.41, 5.74) is 2.16. The second-order valence-electron chi connectivity index (χ2n) is 5.74. The molecule has 0 aliphatic carbocycles. The van der Waals surface area contributed by atoms with Crippen LogP contribution < -0.4 is 4.90 Å². The minimum atomic E-state index is 0.713. The summed E-state index contributed by atoms with van der Waals surface area (Å²) in [4.78, 5) is 10.5. The molecular weight excluding hydrogens is 262 g/mol. The molecule has 0 bridgehead atoms. The van der Waals surface area contributed by atoms with Gasteiger partial charge in [0, 0.05) is 32.0 Å². The van der Waals surface area contributed by atoms with Crippen molar-refractivity contribution in [2.45, 2.75) is 19.4 Å². The summed E-state index contributed by atoms with van der Waals surface area (Å²) in [5.74, 6) is 1.72. The molecule has 4 rings (SSSR count). The number of aromatic amines is 1. The number of nitrogens with one attached hydrogen (secondary N) is 1. The fourth-order valence-corrected chi connectivity index (χ4v) is 3.09. The number of H-pyrrole nitrogens is 1. The third-order valence-corrected chi connectivity index (χ3v) is 4.30. The Balaban J connectivity index is 1.42. The molecular formula is C16H19N5. The fraction of sp³-hybridized carbons (Fsp3) is 0.375. The molecule has 0 atom stereocenters. The number of hydrogen-bond donors (Lipinski definition) is 1. The number of fused-ring (bicyclic) bond motifs is 1. The van der Waals surface area contributed by atoms with Gasteiger partial charge in [-0.2, -0.15) is 5.10 Å². The molecule has 0 spiro atoms. The zero-order valence-corrected chi connectivity index (χ0v) is 11.9. The van der Waals surface area contributed by atoms with Crippen LogP contribution in [0.1, 0.15) is 12.8 Å². The molecule has 3 heterocycles. The van der Waals surface area contributed by atoms with Crippen LogP contribution in [0.2, 0.25) is 0 Å². The second kappa shape index (κ2) is 5.24. The van der Waals surface area contributed by atoms with E-state index in [4.69, 9.17) is 0 Å². The van der Waals surface area contributed by atoms with Gasteiger partial charge in [-0.05, 0) is 37.0 Å². The number of anilines is 1. The summed E-state index contributed by atoms with van der Waals surface area (Å²) in [6.45, 7) is 3.15. The topological polar surface area (TPSA) is 49.7 Å². The number of hydrogen-bond acceptors (Lipinski definition) is 3. The molecule has 108 valence electrons. The van der Waals surface area contributed by atoms with Crippen LogP contribution in [-0.4, -0.2) is 32.8 Å². The standard InChI is InChI=1S/C16H19N5/c1-2-5-15-14(4-1)18-16(19-15)20-10-6-13(7-11-20)12-21-9-3-8-17-21/h1-5,8-9,13H,6-7,10-12H2,(H,18,19). The van der Waals surface area contributed by atoms with Gasteiger partial charge in [-0.15, -0.1) is 0 Å². The maximum Gasteiger partial charge on any atom is 0.203 e. The Labute approximate surface area is 123 Å². The monoisotopic (exact) mass is 281 g/mol. The molecule has 2 aromatic heterocycles. The smallest absolute Gasteiger partial charge is 0.203 e. The van der Waals surface area contributed by atoms with Crippen molar-refractivity contribution in [3.05, 3.63) is 42.7 Å².